The fourth-order valence-corrected chi connectivity index (χ4v) is 14.0. The quantitative estimate of drug-likeness (QED) is 0.0950. The van der Waals surface area contributed by atoms with Crippen molar-refractivity contribution in [1.82, 2.24) is 0 Å². The monoisotopic (exact) mass is 848 g/mol. The summed E-state index contributed by atoms with van der Waals surface area (Å²) in [5.41, 5.74) is 19.8. The first kappa shape index (κ1) is 41.4. The number of hydrogen-bond acceptors (Lipinski definition) is 0. The molecule has 0 saturated heterocycles. The van der Waals surface area contributed by atoms with E-state index in [2.05, 4.69) is 270 Å². The second-order valence-corrected chi connectivity index (χ2v) is 21.5. The Morgan fingerprint density at radius 3 is 0.400 bits per heavy atom. The van der Waals surface area contributed by atoms with Gasteiger partial charge in [-0.05, 0) is 115 Å². The summed E-state index contributed by atoms with van der Waals surface area (Å²) in [6.07, 6.45) is 0. The maximum absolute atomic E-state index is 2.91. The lowest BCUT2D eigenvalue weighted by Crippen LogP contribution is -2.74. The maximum Gasteiger partial charge on any atom is 0.179 e. The summed E-state index contributed by atoms with van der Waals surface area (Å²) in [5.74, 6) is 0. The fraction of sp³-hybridized carbons (Fsp3) is 0.0625. The molecule has 0 heterocycles. The van der Waals surface area contributed by atoms with E-state index in [4.69, 9.17) is 0 Å². The number of aryl methyl sites for hydroxylation is 4. The lowest BCUT2D eigenvalue weighted by molar-refractivity contribution is 1.47. The molecule has 10 rings (SSSR count). The highest BCUT2D eigenvalue weighted by molar-refractivity contribution is 7.19. The van der Waals surface area contributed by atoms with Gasteiger partial charge in [0.05, 0.1) is 0 Å². The van der Waals surface area contributed by atoms with Crippen LogP contribution in [0.4, 0.5) is 0 Å². The summed E-state index contributed by atoms with van der Waals surface area (Å²) in [6, 6.07) is 91.2. The van der Waals surface area contributed by atoms with Gasteiger partial charge in [-0.1, -0.05) is 265 Å². The molecule has 0 aliphatic carbocycles. The lowest BCUT2D eigenvalue weighted by Gasteiger charge is -2.35. The van der Waals surface area contributed by atoms with E-state index in [1.807, 2.05) is 0 Å². The Morgan fingerprint density at radius 1 is 0.154 bits per heavy atom. The summed E-state index contributed by atoms with van der Waals surface area (Å²) in [5, 5.41) is 5.40. The van der Waals surface area contributed by atoms with Crippen molar-refractivity contribution in [3.8, 4) is 66.8 Å². The smallest absolute Gasteiger partial charge is 0.0613 e. The van der Waals surface area contributed by atoms with Crippen molar-refractivity contribution in [3.05, 3.63) is 265 Å². The van der Waals surface area contributed by atoms with Crippen molar-refractivity contribution >= 4 is 28.8 Å². The van der Waals surface area contributed by atoms with Crippen LogP contribution in [0.25, 0.3) is 66.8 Å². The molecule has 0 N–H and O–H groups in total. The average molecular weight is 849 g/mol. The average Bonchev–Trinajstić information content (AvgIpc) is 3.36. The SMILES string of the molecule is Cc1ccc(-c2ccc(-c3ccc(-c4ccc([Si](c5ccc(-c6ccc(C)cc6)cc5)(c5ccc(-c6ccc(C)cc6)cc5)c5ccc(-c6ccc(C)cc6)cc5)cc4)cc3)cc2)cc1. The predicted octanol–water partition coefficient (Wildman–Crippen LogP) is 14.3. The third-order valence-electron chi connectivity index (χ3n) is 13.2. The topological polar surface area (TPSA) is 0 Å². The van der Waals surface area contributed by atoms with E-state index in [0.29, 0.717) is 0 Å². The lowest BCUT2D eigenvalue weighted by atomic mass is 9.98. The molecular formula is C64H52Si. The fourth-order valence-electron chi connectivity index (χ4n) is 9.35. The molecule has 0 saturated carbocycles. The minimum Gasteiger partial charge on any atom is -0.0613 e. The van der Waals surface area contributed by atoms with Crippen molar-refractivity contribution in [2.24, 2.45) is 0 Å². The van der Waals surface area contributed by atoms with Crippen LogP contribution >= 0.6 is 0 Å². The third kappa shape index (κ3) is 8.47. The van der Waals surface area contributed by atoms with E-state index in [9.17, 15) is 0 Å². The molecular weight excluding hydrogens is 797 g/mol. The van der Waals surface area contributed by atoms with Gasteiger partial charge in [0.1, 0.15) is 0 Å². The van der Waals surface area contributed by atoms with Gasteiger partial charge in [0.25, 0.3) is 0 Å². The first-order valence-corrected chi connectivity index (χ1v) is 24.7. The van der Waals surface area contributed by atoms with Gasteiger partial charge in [0, 0.05) is 0 Å². The first-order chi connectivity index (χ1) is 31.8. The first-order valence-electron chi connectivity index (χ1n) is 22.7. The Morgan fingerprint density at radius 2 is 0.262 bits per heavy atom. The molecule has 65 heavy (non-hydrogen) atoms. The summed E-state index contributed by atoms with van der Waals surface area (Å²) < 4.78 is 0. The van der Waals surface area contributed by atoms with Gasteiger partial charge in [-0.25, -0.2) is 0 Å². The highest BCUT2D eigenvalue weighted by atomic mass is 28.3. The van der Waals surface area contributed by atoms with Crippen LogP contribution in [-0.4, -0.2) is 8.07 Å². The van der Waals surface area contributed by atoms with Crippen LogP contribution in [-0.2, 0) is 0 Å². The number of rotatable bonds is 10. The second kappa shape index (κ2) is 17.9. The molecule has 0 atom stereocenters. The van der Waals surface area contributed by atoms with Crippen LogP contribution in [0.5, 0.6) is 0 Å². The maximum atomic E-state index is 2.41. The molecule has 0 spiro atoms. The van der Waals surface area contributed by atoms with Crippen molar-refractivity contribution in [2.45, 2.75) is 27.7 Å². The molecule has 1 heteroatoms. The van der Waals surface area contributed by atoms with E-state index < -0.39 is 8.07 Å². The molecule has 10 aromatic rings. The Bertz CT molecular complexity index is 2950. The Balaban J connectivity index is 1.07. The normalized spacial score (nSPS) is 11.4. The summed E-state index contributed by atoms with van der Waals surface area (Å²) in [4.78, 5) is 0. The summed E-state index contributed by atoms with van der Waals surface area (Å²) in [7, 11) is -2.91. The summed E-state index contributed by atoms with van der Waals surface area (Å²) >= 11 is 0. The Labute approximate surface area is 386 Å². The van der Waals surface area contributed by atoms with Crippen LogP contribution < -0.4 is 20.7 Å². The van der Waals surface area contributed by atoms with E-state index >= 15 is 0 Å². The van der Waals surface area contributed by atoms with Gasteiger partial charge in [0.2, 0.25) is 0 Å². The van der Waals surface area contributed by atoms with Crippen molar-refractivity contribution in [3.63, 3.8) is 0 Å². The predicted molar refractivity (Wildman–Crippen MR) is 282 cm³/mol. The second-order valence-electron chi connectivity index (χ2n) is 17.7. The molecule has 0 amide bonds. The highest BCUT2D eigenvalue weighted by Gasteiger charge is 2.41. The van der Waals surface area contributed by atoms with Gasteiger partial charge >= 0.3 is 0 Å². The molecule has 0 radical (unpaired) electrons. The van der Waals surface area contributed by atoms with Crippen molar-refractivity contribution in [1.29, 1.82) is 0 Å². The van der Waals surface area contributed by atoms with Crippen LogP contribution in [0.15, 0.2) is 243 Å². The third-order valence-corrected chi connectivity index (χ3v) is 18.0. The van der Waals surface area contributed by atoms with Crippen LogP contribution in [0.3, 0.4) is 0 Å². The van der Waals surface area contributed by atoms with Gasteiger partial charge in [0.15, 0.2) is 8.07 Å². The van der Waals surface area contributed by atoms with E-state index in [0.717, 1.165) is 0 Å². The zero-order valence-corrected chi connectivity index (χ0v) is 38.6. The number of benzene rings is 10. The number of hydrogen-bond donors (Lipinski definition) is 0. The van der Waals surface area contributed by atoms with Crippen LogP contribution in [0, 0.1) is 27.7 Å². The van der Waals surface area contributed by atoms with Crippen LogP contribution in [0.2, 0.25) is 0 Å². The van der Waals surface area contributed by atoms with E-state index in [-0.39, 0.29) is 0 Å². The van der Waals surface area contributed by atoms with E-state index in [1.54, 1.807) is 0 Å². The van der Waals surface area contributed by atoms with Gasteiger partial charge in [-0.3, -0.25) is 0 Å². The van der Waals surface area contributed by atoms with Crippen molar-refractivity contribution < 1.29 is 0 Å². The van der Waals surface area contributed by atoms with Gasteiger partial charge in [-0.2, -0.15) is 0 Å². The van der Waals surface area contributed by atoms with Crippen LogP contribution in [0.1, 0.15) is 22.3 Å². The molecule has 0 aromatic heterocycles. The molecule has 0 aliphatic heterocycles. The molecule has 0 unspecified atom stereocenters. The molecule has 10 aromatic carbocycles. The zero-order valence-electron chi connectivity index (χ0n) is 37.6. The van der Waals surface area contributed by atoms with Gasteiger partial charge in [-0.15, -0.1) is 0 Å². The zero-order chi connectivity index (χ0) is 44.3. The highest BCUT2D eigenvalue weighted by Crippen LogP contribution is 2.29. The van der Waals surface area contributed by atoms with Gasteiger partial charge < -0.3 is 0 Å². The minimum atomic E-state index is -2.91. The molecule has 0 nitrogen and oxygen atoms in total. The standard InChI is InChI=1S/C64H52Si/c1-45-5-13-49(14-6-45)53-21-23-54(24-22-53)55-25-27-56(28-26-55)60-35-43-64(44-36-60)65(61-37-29-57(30-38-61)50-15-7-46(2)8-16-50,62-39-31-58(32-40-62)51-17-9-47(3)10-18-51)63-41-33-59(34-42-63)52-19-11-48(4)12-20-52/h5-44H,1-4H3. The molecule has 0 aliphatic rings. The minimum absolute atomic E-state index is 1.20. The van der Waals surface area contributed by atoms with Crippen molar-refractivity contribution in [2.75, 3.05) is 0 Å². The molecule has 312 valence electrons. The molecule has 0 fully saturated rings. The van der Waals surface area contributed by atoms with E-state index in [1.165, 1.54) is 110 Å². The summed E-state index contributed by atoms with van der Waals surface area (Å²) in [6.45, 7) is 8.57. The Kier molecular flexibility index (Phi) is 11.4. The largest absolute Gasteiger partial charge is 0.179 e. The molecule has 0 bridgehead atoms. The Hall–Kier alpha value is -7.58.